The van der Waals surface area contributed by atoms with Crippen LogP contribution in [0.25, 0.3) is 0 Å². The molecule has 0 aromatic carbocycles. The number of aliphatic hydroxyl groups is 1. The molecule has 178 valence electrons. The number of rotatable bonds is 6. The molecule has 31 heavy (non-hydrogen) atoms. The Labute approximate surface area is 192 Å². The van der Waals surface area contributed by atoms with Gasteiger partial charge in [-0.1, -0.05) is 60.8 Å². The van der Waals surface area contributed by atoms with Crippen molar-refractivity contribution < 1.29 is 9.90 Å². The monoisotopic (exact) mass is 430 g/mol. The third-order valence-electron chi connectivity index (χ3n) is 11.7. The molecule has 0 radical (unpaired) electrons. The maximum Gasteiger partial charge on any atom is 0.136 e. The highest BCUT2D eigenvalue weighted by atomic mass is 16.3. The molecule has 0 aliphatic heterocycles. The topological polar surface area (TPSA) is 37.3 Å². The molecule has 2 unspecified atom stereocenters. The number of carbonyl (C=O) groups excluding carboxylic acids is 1. The molecule has 4 rings (SSSR count). The SMILES string of the molecule is CC[C@H](CC[C@@H](C)[C@H]1CC[C@H]2[C@H]3C(=O)CC4CCCC(O)[C@]4(C)[C@H]3CC[C@]12C)C(C)C. The molecule has 1 N–H and O–H groups in total. The molecule has 2 heteroatoms. The van der Waals surface area contributed by atoms with Gasteiger partial charge in [0.15, 0.2) is 0 Å². The Bertz CT molecular complexity index is 655. The molecule has 4 saturated carbocycles. The van der Waals surface area contributed by atoms with Crippen LogP contribution in [-0.4, -0.2) is 17.0 Å². The summed E-state index contributed by atoms with van der Waals surface area (Å²) in [6.07, 6.45) is 12.8. The van der Waals surface area contributed by atoms with Crippen LogP contribution in [0, 0.1) is 58.2 Å². The van der Waals surface area contributed by atoms with Crippen molar-refractivity contribution in [1.29, 1.82) is 0 Å². The maximum absolute atomic E-state index is 13.5. The van der Waals surface area contributed by atoms with Crippen molar-refractivity contribution in [3.8, 4) is 0 Å². The molecule has 0 heterocycles. The molecule has 10 atom stereocenters. The third-order valence-corrected chi connectivity index (χ3v) is 11.7. The van der Waals surface area contributed by atoms with E-state index in [9.17, 15) is 9.90 Å². The second-order valence-electron chi connectivity index (χ2n) is 13.1. The number of Topliss-reactive ketones (excluding diaryl/α,β-unsaturated/α-hetero) is 1. The van der Waals surface area contributed by atoms with Crippen LogP contribution in [0.15, 0.2) is 0 Å². The first kappa shape index (κ1) is 23.8. The molecule has 4 aliphatic carbocycles. The minimum atomic E-state index is -0.200. The van der Waals surface area contributed by atoms with Gasteiger partial charge in [0.2, 0.25) is 0 Å². The second kappa shape index (κ2) is 8.77. The summed E-state index contributed by atoms with van der Waals surface area (Å²) in [4.78, 5) is 13.5. The summed E-state index contributed by atoms with van der Waals surface area (Å²) in [7, 11) is 0. The Kier molecular flexibility index (Phi) is 6.73. The summed E-state index contributed by atoms with van der Waals surface area (Å²) >= 11 is 0. The van der Waals surface area contributed by atoms with Gasteiger partial charge in [-0.25, -0.2) is 0 Å². The lowest BCUT2D eigenvalue weighted by Gasteiger charge is -2.61. The molecule has 4 aliphatic rings. The molecule has 0 aromatic heterocycles. The highest BCUT2D eigenvalue weighted by Crippen LogP contribution is 2.67. The van der Waals surface area contributed by atoms with E-state index in [-0.39, 0.29) is 17.4 Å². The highest BCUT2D eigenvalue weighted by molar-refractivity contribution is 5.83. The van der Waals surface area contributed by atoms with Crippen molar-refractivity contribution in [1.82, 2.24) is 0 Å². The van der Waals surface area contributed by atoms with E-state index in [1.54, 1.807) is 0 Å². The van der Waals surface area contributed by atoms with Crippen LogP contribution in [0.3, 0.4) is 0 Å². The molecular formula is C29H50O2. The maximum atomic E-state index is 13.5. The third kappa shape index (κ3) is 3.75. The zero-order chi connectivity index (χ0) is 22.6. The summed E-state index contributed by atoms with van der Waals surface area (Å²) in [5.41, 5.74) is 0.312. The van der Waals surface area contributed by atoms with Crippen LogP contribution in [0.1, 0.15) is 112 Å². The van der Waals surface area contributed by atoms with E-state index in [1.807, 2.05) is 0 Å². The second-order valence-corrected chi connectivity index (χ2v) is 13.1. The lowest BCUT2D eigenvalue weighted by Crippen LogP contribution is -2.60. The number of fused-ring (bicyclic) bond motifs is 5. The van der Waals surface area contributed by atoms with Gasteiger partial charge in [0.25, 0.3) is 0 Å². The van der Waals surface area contributed by atoms with Gasteiger partial charge in [-0.05, 0) is 91.8 Å². The van der Waals surface area contributed by atoms with Gasteiger partial charge in [-0.2, -0.15) is 0 Å². The van der Waals surface area contributed by atoms with E-state index >= 15 is 0 Å². The first-order chi connectivity index (χ1) is 14.6. The van der Waals surface area contributed by atoms with Gasteiger partial charge in [-0.3, -0.25) is 4.79 Å². The van der Waals surface area contributed by atoms with E-state index in [2.05, 4.69) is 41.5 Å². The summed E-state index contributed by atoms with van der Waals surface area (Å²) in [5, 5.41) is 11.1. The largest absolute Gasteiger partial charge is 0.393 e. The van der Waals surface area contributed by atoms with Crippen molar-refractivity contribution in [2.24, 2.45) is 58.2 Å². The van der Waals surface area contributed by atoms with E-state index < -0.39 is 0 Å². The lowest BCUT2D eigenvalue weighted by atomic mass is 9.43. The molecule has 4 fully saturated rings. The highest BCUT2D eigenvalue weighted by Gasteiger charge is 2.64. The van der Waals surface area contributed by atoms with Gasteiger partial charge in [-0.15, -0.1) is 0 Å². The van der Waals surface area contributed by atoms with Gasteiger partial charge in [0.1, 0.15) is 5.78 Å². The summed E-state index contributed by atoms with van der Waals surface area (Å²) < 4.78 is 0. The normalized spacial score (nSPS) is 46.9. The smallest absolute Gasteiger partial charge is 0.136 e. The Balaban J connectivity index is 1.52. The van der Waals surface area contributed by atoms with Crippen molar-refractivity contribution >= 4 is 5.78 Å². The molecule has 0 bridgehead atoms. The zero-order valence-corrected chi connectivity index (χ0v) is 21.3. The fourth-order valence-corrected chi connectivity index (χ4v) is 9.65. The fraction of sp³-hybridized carbons (Fsp3) is 0.966. The standard InChI is InChI=1S/C29H50O2/c1-7-20(18(2)3)12-11-19(4)22-13-14-23-27-24(15-16-28(22,23)5)29(6)21(17-25(27)30)9-8-10-26(29)31/h18-24,26-27,31H,7-17H2,1-6H3/t19-,20-,21?,22-,23+,24+,26?,27-,28-,29+/m1/s1. The average Bonchev–Trinajstić information content (AvgIpc) is 3.07. The molecule has 0 aromatic rings. The number of carbonyl (C=O) groups is 1. The van der Waals surface area contributed by atoms with Crippen molar-refractivity contribution in [3.05, 3.63) is 0 Å². The molecule has 0 spiro atoms. The van der Waals surface area contributed by atoms with Crippen molar-refractivity contribution in [3.63, 3.8) is 0 Å². The average molecular weight is 431 g/mol. The van der Waals surface area contributed by atoms with E-state index in [1.165, 1.54) is 44.9 Å². The van der Waals surface area contributed by atoms with Crippen LogP contribution in [-0.2, 0) is 4.79 Å². The van der Waals surface area contributed by atoms with Gasteiger partial charge in [0, 0.05) is 17.8 Å². The molecule has 2 nitrogen and oxygen atoms in total. The minimum absolute atomic E-state index is 0.0204. The van der Waals surface area contributed by atoms with E-state index in [0.717, 1.165) is 49.4 Å². The van der Waals surface area contributed by atoms with E-state index in [0.29, 0.717) is 29.0 Å². The predicted molar refractivity (Wildman–Crippen MR) is 129 cm³/mol. The molecule has 0 saturated heterocycles. The number of ketones is 1. The van der Waals surface area contributed by atoms with Crippen LogP contribution in [0.5, 0.6) is 0 Å². The number of hydrogen-bond donors (Lipinski definition) is 1. The van der Waals surface area contributed by atoms with Crippen molar-refractivity contribution in [2.45, 2.75) is 118 Å². The lowest BCUT2D eigenvalue weighted by molar-refractivity contribution is -0.176. The number of aliphatic hydroxyl groups excluding tert-OH is 1. The quantitative estimate of drug-likeness (QED) is 0.480. The predicted octanol–water partition coefficient (Wildman–Crippen LogP) is 7.28. The Morgan fingerprint density at radius 1 is 1.00 bits per heavy atom. The zero-order valence-electron chi connectivity index (χ0n) is 21.3. The minimum Gasteiger partial charge on any atom is -0.393 e. The first-order valence-electron chi connectivity index (χ1n) is 13.8. The van der Waals surface area contributed by atoms with Gasteiger partial charge in [0.05, 0.1) is 6.10 Å². The fourth-order valence-electron chi connectivity index (χ4n) is 9.65. The molecular weight excluding hydrogens is 380 g/mol. The van der Waals surface area contributed by atoms with Crippen LogP contribution in [0.2, 0.25) is 0 Å². The van der Waals surface area contributed by atoms with Crippen LogP contribution in [0.4, 0.5) is 0 Å². The van der Waals surface area contributed by atoms with E-state index in [4.69, 9.17) is 0 Å². The van der Waals surface area contributed by atoms with Crippen molar-refractivity contribution in [2.75, 3.05) is 0 Å². The summed E-state index contributed by atoms with van der Waals surface area (Å²) in [6.45, 7) is 14.6. The summed E-state index contributed by atoms with van der Waals surface area (Å²) in [5.74, 6) is 5.38. The van der Waals surface area contributed by atoms with Crippen LogP contribution >= 0.6 is 0 Å². The van der Waals surface area contributed by atoms with Gasteiger partial charge >= 0.3 is 0 Å². The number of hydrogen-bond acceptors (Lipinski definition) is 2. The Hall–Kier alpha value is -0.370. The molecule has 0 amide bonds. The first-order valence-corrected chi connectivity index (χ1v) is 13.8. The Morgan fingerprint density at radius 2 is 1.74 bits per heavy atom. The summed E-state index contributed by atoms with van der Waals surface area (Å²) in [6, 6.07) is 0. The Morgan fingerprint density at radius 3 is 2.42 bits per heavy atom. The van der Waals surface area contributed by atoms with Crippen LogP contribution < -0.4 is 0 Å². The van der Waals surface area contributed by atoms with Gasteiger partial charge < -0.3 is 5.11 Å².